The Morgan fingerprint density at radius 3 is 2.91 bits per heavy atom. The van der Waals surface area contributed by atoms with Crippen molar-refractivity contribution in [3.05, 3.63) is 41.4 Å². The van der Waals surface area contributed by atoms with E-state index in [1.54, 1.807) is 23.9 Å². The summed E-state index contributed by atoms with van der Waals surface area (Å²) in [5.74, 6) is 0.883. The molecule has 0 unspecified atom stereocenters. The summed E-state index contributed by atoms with van der Waals surface area (Å²) < 4.78 is 12.6. The zero-order valence-corrected chi connectivity index (χ0v) is 12.3. The van der Waals surface area contributed by atoms with Gasteiger partial charge in [-0.25, -0.2) is 0 Å². The maximum atomic E-state index is 12.4. The molecule has 1 fully saturated rings. The first-order valence-electron chi connectivity index (χ1n) is 7.23. The van der Waals surface area contributed by atoms with E-state index >= 15 is 0 Å². The molecule has 22 heavy (non-hydrogen) atoms. The van der Waals surface area contributed by atoms with Gasteiger partial charge in [-0.2, -0.15) is 5.26 Å². The van der Waals surface area contributed by atoms with E-state index in [4.69, 9.17) is 9.15 Å². The quantitative estimate of drug-likeness (QED) is 0.936. The van der Waals surface area contributed by atoms with Crippen LogP contribution in [-0.4, -0.2) is 30.2 Å². The molecule has 1 aliphatic rings. The first kappa shape index (κ1) is 14.4. The van der Waals surface area contributed by atoms with E-state index < -0.39 is 0 Å². The van der Waals surface area contributed by atoms with Gasteiger partial charge in [0.25, 0.3) is 5.91 Å². The van der Waals surface area contributed by atoms with Crippen LogP contribution in [0, 0.1) is 24.2 Å². The van der Waals surface area contributed by atoms with E-state index in [1.807, 2.05) is 12.1 Å². The van der Waals surface area contributed by atoms with Crippen LogP contribution in [0.5, 0.6) is 0 Å². The molecule has 0 aromatic carbocycles. The lowest BCUT2D eigenvalue weighted by atomic mass is 10.1. The largest absolute Gasteiger partial charge is 0.443 e. The van der Waals surface area contributed by atoms with Crippen molar-refractivity contribution in [2.75, 3.05) is 19.8 Å². The zero-order valence-electron chi connectivity index (χ0n) is 12.3. The third kappa shape index (κ3) is 2.63. The molecule has 1 saturated heterocycles. The molecule has 0 bridgehead atoms. The molecule has 0 aliphatic carbocycles. The van der Waals surface area contributed by atoms with E-state index in [1.165, 1.54) is 0 Å². The fourth-order valence-electron chi connectivity index (χ4n) is 2.63. The van der Waals surface area contributed by atoms with Crippen LogP contribution in [0.25, 0.3) is 5.88 Å². The SMILES string of the molecule is Cc1oc(-n2cccc2)c(C#N)c1C(=O)NC[C@@H]1CCOC1. The number of aryl methyl sites for hydroxylation is 1. The van der Waals surface area contributed by atoms with Crippen LogP contribution >= 0.6 is 0 Å². The Morgan fingerprint density at radius 2 is 2.27 bits per heavy atom. The predicted octanol–water partition coefficient (Wildman–Crippen LogP) is 2.02. The Morgan fingerprint density at radius 1 is 1.50 bits per heavy atom. The van der Waals surface area contributed by atoms with Crippen LogP contribution in [0.4, 0.5) is 0 Å². The van der Waals surface area contributed by atoms with Crippen LogP contribution in [-0.2, 0) is 4.74 Å². The summed E-state index contributed by atoms with van der Waals surface area (Å²) in [6.45, 7) is 3.66. The number of hydrogen-bond acceptors (Lipinski definition) is 4. The van der Waals surface area contributed by atoms with Gasteiger partial charge in [-0.05, 0) is 25.5 Å². The average molecular weight is 299 g/mol. The van der Waals surface area contributed by atoms with Crippen LogP contribution < -0.4 is 5.32 Å². The first-order chi connectivity index (χ1) is 10.7. The van der Waals surface area contributed by atoms with Gasteiger partial charge in [0.15, 0.2) is 0 Å². The molecule has 6 nitrogen and oxygen atoms in total. The lowest BCUT2D eigenvalue weighted by Crippen LogP contribution is -2.30. The van der Waals surface area contributed by atoms with Gasteiger partial charge < -0.3 is 14.5 Å². The fourth-order valence-corrected chi connectivity index (χ4v) is 2.63. The molecule has 3 heterocycles. The molecule has 0 radical (unpaired) electrons. The van der Waals surface area contributed by atoms with Crippen LogP contribution in [0.1, 0.15) is 28.1 Å². The smallest absolute Gasteiger partial charge is 0.256 e. The van der Waals surface area contributed by atoms with Gasteiger partial charge in [0.1, 0.15) is 23.0 Å². The van der Waals surface area contributed by atoms with Crippen molar-refractivity contribution in [2.24, 2.45) is 5.92 Å². The molecule has 1 aliphatic heterocycles. The molecule has 1 atom stereocenters. The van der Waals surface area contributed by atoms with E-state index in [2.05, 4.69) is 11.4 Å². The van der Waals surface area contributed by atoms with E-state index in [9.17, 15) is 10.1 Å². The Labute approximate surface area is 128 Å². The van der Waals surface area contributed by atoms with Gasteiger partial charge in [0, 0.05) is 31.5 Å². The highest BCUT2D eigenvalue weighted by Crippen LogP contribution is 2.25. The van der Waals surface area contributed by atoms with Crippen molar-refractivity contribution in [3.63, 3.8) is 0 Å². The zero-order chi connectivity index (χ0) is 15.5. The maximum absolute atomic E-state index is 12.4. The Hall–Kier alpha value is -2.52. The van der Waals surface area contributed by atoms with Crippen molar-refractivity contribution in [1.82, 2.24) is 9.88 Å². The van der Waals surface area contributed by atoms with Gasteiger partial charge in [-0.15, -0.1) is 0 Å². The highest BCUT2D eigenvalue weighted by Gasteiger charge is 2.25. The van der Waals surface area contributed by atoms with Crippen molar-refractivity contribution >= 4 is 5.91 Å². The van der Waals surface area contributed by atoms with E-state index in [0.717, 1.165) is 13.0 Å². The third-order valence-corrected chi connectivity index (χ3v) is 3.82. The Kier molecular flexibility index (Phi) is 3.98. The van der Waals surface area contributed by atoms with Crippen molar-refractivity contribution < 1.29 is 13.9 Å². The Balaban J connectivity index is 1.83. The van der Waals surface area contributed by atoms with Crippen LogP contribution in [0.2, 0.25) is 0 Å². The lowest BCUT2D eigenvalue weighted by molar-refractivity contribution is 0.0943. The molecule has 0 spiro atoms. The number of aromatic nitrogens is 1. The molecule has 114 valence electrons. The minimum Gasteiger partial charge on any atom is -0.443 e. The standard InChI is InChI=1S/C16H17N3O3/c1-11-14(15(20)18-9-12-4-7-21-10-12)13(8-17)16(22-11)19-5-2-3-6-19/h2-3,5-6,12H,4,7,9-10H2,1H3,(H,18,20)/t12-/m0/s1. The molecule has 0 saturated carbocycles. The summed E-state index contributed by atoms with van der Waals surface area (Å²) in [6.07, 6.45) is 4.50. The predicted molar refractivity (Wildman–Crippen MR) is 78.7 cm³/mol. The molecule has 2 aromatic rings. The molecular weight excluding hydrogens is 282 g/mol. The van der Waals surface area contributed by atoms with Gasteiger partial charge in [-0.1, -0.05) is 0 Å². The summed E-state index contributed by atoms with van der Waals surface area (Å²) in [7, 11) is 0. The highest BCUT2D eigenvalue weighted by molar-refractivity contribution is 5.98. The number of ether oxygens (including phenoxy) is 1. The number of hydrogen-bond donors (Lipinski definition) is 1. The number of carbonyl (C=O) groups excluding carboxylic acids is 1. The summed E-state index contributed by atoms with van der Waals surface area (Å²) in [5.41, 5.74) is 0.569. The van der Waals surface area contributed by atoms with Crippen LogP contribution in [0.3, 0.4) is 0 Å². The number of furan rings is 1. The molecular formula is C16H17N3O3. The summed E-state index contributed by atoms with van der Waals surface area (Å²) in [6, 6.07) is 5.75. The van der Waals surface area contributed by atoms with Gasteiger partial charge >= 0.3 is 0 Å². The normalized spacial score (nSPS) is 17.4. The summed E-state index contributed by atoms with van der Waals surface area (Å²) in [5, 5.41) is 12.3. The van der Waals surface area contributed by atoms with Gasteiger partial charge in [0.05, 0.1) is 6.61 Å². The minimum absolute atomic E-state index is 0.258. The second-order valence-corrected chi connectivity index (χ2v) is 5.36. The number of rotatable bonds is 4. The van der Waals surface area contributed by atoms with Crippen molar-refractivity contribution in [1.29, 1.82) is 5.26 Å². The maximum Gasteiger partial charge on any atom is 0.256 e. The second kappa shape index (κ2) is 6.08. The number of carbonyl (C=O) groups is 1. The monoisotopic (exact) mass is 299 g/mol. The topological polar surface area (TPSA) is 80.2 Å². The molecule has 3 rings (SSSR count). The van der Waals surface area contributed by atoms with Crippen LogP contribution in [0.15, 0.2) is 28.9 Å². The lowest BCUT2D eigenvalue weighted by Gasteiger charge is -2.09. The number of amides is 1. The molecule has 1 amide bonds. The molecule has 6 heteroatoms. The second-order valence-electron chi connectivity index (χ2n) is 5.36. The molecule has 2 aromatic heterocycles. The highest BCUT2D eigenvalue weighted by atomic mass is 16.5. The van der Waals surface area contributed by atoms with Gasteiger partial charge in [0.2, 0.25) is 5.88 Å². The Bertz CT molecular complexity index is 704. The van der Waals surface area contributed by atoms with E-state index in [-0.39, 0.29) is 11.5 Å². The summed E-state index contributed by atoms with van der Waals surface area (Å²) >= 11 is 0. The number of nitrogens with zero attached hydrogens (tertiary/aromatic N) is 2. The van der Waals surface area contributed by atoms with Crippen molar-refractivity contribution in [3.8, 4) is 12.0 Å². The fraction of sp³-hybridized carbons (Fsp3) is 0.375. The number of nitrogens with one attached hydrogen (secondary N) is 1. The summed E-state index contributed by atoms with van der Waals surface area (Å²) in [4.78, 5) is 12.4. The third-order valence-electron chi connectivity index (χ3n) is 3.82. The van der Waals surface area contributed by atoms with E-state index in [0.29, 0.717) is 36.3 Å². The van der Waals surface area contributed by atoms with Gasteiger partial charge in [-0.3, -0.25) is 9.36 Å². The average Bonchev–Trinajstić information content (AvgIpc) is 3.24. The molecule has 1 N–H and O–H groups in total. The van der Waals surface area contributed by atoms with Crippen molar-refractivity contribution in [2.45, 2.75) is 13.3 Å². The minimum atomic E-state index is -0.275. The first-order valence-corrected chi connectivity index (χ1v) is 7.23. The number of nitriles is 1.